The van der Waals surface area contributed by atoms with Gasteiger partial charge in [0.2, 0.25) is 5.91 Å². The maximum atomic E-state index is 12.3. The van der Waals surface area contributed by atoms with E-state index in [0.29, 0.717) is 25.9 Å². The van der Waals surface area contributed by atoms with Gasteiger partial charge in [0.25, 0.3) is 5.91 Å². The lowest BCUT2D eigenvalue weighted by molar-refractivity contribution is -0.150. The van der Waals surface area contributed by atoms with Gasteiger partial charge in [0.05, 0.1) is 12.6 Å². The highest BCUT2D eigenvalue weighted by atomic mass is 16.5. The number of carbonyl (C=O) groups is 2. The van der Waals surface area contributed by atoms with E-state index in [1.807, 2.05) is 38.1 Å². The number of ether oxygens (including phenoxy) is 1. The Balaban J connectivity index is 1.91. The quantitative estimate of drug-likeness (QED) is 0.854. The molecule has 24 heavy (non-hydrogen) atoms. The number of benzene rings is 1. The molecule has 1 aromatic rings. The van der Waals surface area contributed by atoms with Crippen LogP contribution in [0.4, 0.5) is 0 Å². The van der Waals surface area contributed by atoms with E-state index >= 15 is 0 Å². The van der Waals surface area contributed by atoms with Crippen LogP contribution >= 0.6 is 0 Å². The van der Waals surface area contributed by atoms with E-state index in [-0.39, 0.29) is 18.6 Å². The lowest BCUT2D eigenvalue weighted by Gasteiger charge is -2.37. The van der Waals surface area contributed by atoms with Crippen molar-refractivity contribution in [1.29, 1.82) is 0 Å². The molecular formula is C18H26N2O4. The molecule has 0 aromatic heterocycles. The fraction of sp³-hybridized carbons (Fsp3) is 0.556. The predicted molar refractivity (Wildman–Crippen MR) is 90.5 cm³/mol. The van der Waals surface area contributed by atoms with Crippen molar-refractivity contribution in [1.82, 2.24) is 10.2 Å². The molecule has 2 N–H and O–H groups in total. The molecule has 1 saturated heterocycles. The van der Waals surface area contributed by atoms with Crippen LogP contribution in [0.25, 0.3) is 0 Å². The third-order valence-corrected chi connectivity index (χ3v) is 4.09. The zero-order valence-corrected chi connectivity index (χ0v) is 14.5. The summed E-state index contributed by atoms with van der Waals surface area (Å²) in [5.41, 5.74) is -0.591. The van der Waals surface area contributed by atoms with Crippen LogP contribution in [-0.4, -0.2) is 46.6 Å². The smallest absolute Gasteiger partial charge is 0.254 e. The fourth-order valence-corrected chi connectivity index (χ4v) is 2.80. The Hall–Kier alpha value is -2.08. The Morgan fingerprint density at radius 3 is 2.58 bits per heavy atom. The molecule has 2 amide bonds. The van der Waals surface area contributed by atoms with Gasteiger partial charge in [-0.25, -0.2) is 0 Å². The Bertz CT molecular complexity index is 585. The van der Waals surface area contributed by atoms with Crippen molar-refractivity contribution in [3.63, 3.8) is 0 Å². The lowest BCUT2D eigenvalue weighted by atomic mass is 9.91. The molecule has 0 aliphatic carbocycles. The van der Waals surface area contributed by atoms with Gasteiger partial charge < -0.3 is 20.1 Å². The summed E-state index contributed by atoms with van der Waals surface area (Å²) in [5, 5.41) is 13.3. The number of amides is 2. The van der Waals surface area contributed by atoms with Crippen LogP contribution in [0.5, 0.6) is 5.75 Å². The van der Waals surface area contributed by atoms with Crippen LogP contribution in [0.3, 0.4) is 0 Å². The number of hydrogen-bond acceptors (Lipinski definition) is 4. The fourth-order valence-electron chi connectivity index (χ4n) is 2.80. The number of β-amino-alcohol motifs (C(OH)–C–C–N with tert-alkyl or cyclic N) is 1. The summed E-state index contributed by atoms with van der Waals surface area (Å²) in [6, 6.07) is 7.47. The van der Waals surface area contributed by atoms with Gasteiger partial charge in [0.15, 0.2) is 5.60 Å². The molecule has 1 aliphatic rings. The summed E-state index contributed by atoms with van der Waals surface area (Å²) >= 11 is 0. The Labute approximate surface area is 142 Å². The van der Waals surface area contributed by atoms with Gasteiger partial charge in [-0.3, -0.25) is 9.59 Å². The minimum Gasteiger partial charge on any atom is -0.491 e. The summed E-state index contributed by atoms with van der Waals surface area (Å²) in [7, 11) is 0. The van der Waals surface area contributed by atoms with E-state index in [1.54, 1.807) is 0 Å². The van der Waals surface area contributed by atoms with Crippen LogP contribution in [0.15, 0.2) is 24.3 Å². The van der Waals surface area contributed by atoms with Crippen molar-refractivity contribution in [2.24, 2.45) is 0 Å². The summed E-state index contributed by atoms with van der Waals surface area (Å²) in [6.07, 6.45) is 1.09. The average Bonchev–Trinajstić information content (AvgIpc) is 2.53. The lowest BCUT2D eigenvalue weighted by Crippen LogP contribution is -2.57. The number of nitrogens with one attached hydrogen (secondary N) is 1. The summed E-state index contributed by atoms with van der Waals surface area (Å²) < 4.78 is 5.58. The molecule has 6 heteroatoms. The van der Waals surface area contributed by atoms with Crippen molar-refractivity contribution in [2.75, 3.05) is 13.1 Å². The molecule has 132 valence electrons. The highest BCUT2D eigenvalue weighted by Gasteiger charge is 2.40. The Kier molecular flexibility index (Phi) is 5.83. The number of rotatable bonds is 5. The molecule has 0 saturated carbocycles. The highest BCUT2D eigenvalue weighted by molar-refractivity contribution is 5.86. The molecule has 1 unspecified atom stereocenters. The predicted octanol–water partition coefficient (Wildman–Crippen LogP) is 1.46. The normalized spacial score (nSPS) is 20.8. The molecule has 1 atom stereocenters. The van der Waals surface area contributed by atoms with E-state index in [2.05, 4.69) is 5.32 Å². The first kappa shape index (κ1) is 18.3. The van der Waals surface area contributed by atoms with Crippen molar-refractivity contribution in [3.05, 3.63) is 29.8 Å². The summed E-state index contributed by atoms with van der Waals surface area (Å²) in [5.74, 6) is 0.223. The number of aliphatic hydroxyl groups is 1. The van der Waals surface area contributed by atoms with E-state index < -0.39 is 11.5 Å². The van der Waals surface area contributed by atoms with Crippen LogP contribution in [0, 0.1) is 0 Å². The second kappa shape index (κ2) is 7.66. The third kappa shape index (κ3) is 4.71. The molecule has 0 spiro atoms. The van der Waals surface area contributed by atoms with E-state index in [9.17, 15) is 14.7 Å². The molecule has 0 radical (unpaired) electrons. The number of hydrogen-bond donors (Lipinski definition) is 2. The minimum absolute atomic E-state index is 0.0509. The van der Waals surface area contributed by atoms with Gasteiger partial charge in [0, 0.05) is 20.0 Å². The second-order valence-electron chi connectivity index (χ2n) is 6.57. The number of piperidine rings is 1. The topological polar surface area (TPSA) is 78.9 Å². The van der Waals surface area contributed by atoms with Gasteiger partial charge >= 0.3 is 0 Å². The first-order valence-corrected chi connectivity index (χ1v) is 8.32. The molecular weight excluding hydrogens is 308 g/mol. The van der Waals surface area contributed by atoms with E-state index in [0.717, 1.165) is 11.3 Å². The largest absolute Gasteiger partial charge is 0.491 e. The molecule has 1 aromatic carbocycles. The number of nitrogens with zero attached hydrogens (tertiary/aromatic N) is 1. The van der Waals surface area contributed by atoms with Crippen LogP contribution in [0.1, 0.15) is 39.2 Å². The van der Waals surface area contributed by atoms with Gasteiger partial charge in [-0.2, -0.15) is 0 Å². The van der Waals surface area contributed by atoms with E-state index in [1.165, 1.54) is 11.8 Å². The van der Waals surface area contributed by atoms with Crippen LogP contribution in [-0.2, 0) is 16.1 Å². The van der Waals surface area contributed by atoms with Gasteiger partial charge in [-0.15, -0.1) is 0 Å². The molecule has 1 fully saturated rings. The van der Waals surface area contributed by atoms with Gasteiger partial charge in [-0.05, 0) is 44.4 Å². The maximum absolute atomic E-state index is 12.3. The third-order valence-electron chi connectivity index (χ3n) is 4.09. The summed E-state index contributed by atoms with van der Waals surface area (Å²) in [6.45, 7) is 6.33. The van der Waals surface area contributed by atoms with Crippen molar-refractivity contribution < 1.29 is 19.4 Å². The van der Waals surface area contributed by atoms with Crippen LogP contribution < -0.4 is 10.1 Å². The molecule has 1 aliphatic heterocycles. The molecule has 1 heterocycles. The highest BCUT2D eigenvalue weighted by Crippen LogP contribution is 2.22. The Morgan fingerprint density at radius 1 is 1.33 bits per heavy atom. The minimum atomic E-state index is -1.51. The van der Waals surface area contributed by atoms with E-state index in [4.69, 9.17) is 4.74 Å². The SMILES string of the molecule is CC(=O)N1CCCC(O)(C(=O)NCc2ccc(OC(C)C)cc2)C1. The first-order valence-electron chi connectivity index (χ1n) is 8.32. The van der Waals surface area contributed by atoms with Crippen LogP contribution in [0.2, 0.25) is 0 Å². The average molecular weight is 334 g/mol. The molecule has 6 nitrogen and oxygen atoms in total. The number of likely N-dealkylation sites (tertiary alicyclic amines) is 1. The van der Waals surface area contributed by atoms with Crippen molar-refractivity contribution in [3.8, 4) is 5.75 Å². The standard InChI is InChI=1S/C18H26N2O4/c1-13(2)24-16-7-5-15(6-8-16)11-19-17(22)18(23)9-4-10-20(12-18)14(3)21/h5-8,13,23H,4,9-12H2,1-3H3,(H,19,22). The van der Waals surface area contributed by atoms with Gasteiger partial charge in [0.1, 0.15) is 5.75 Å². The zero-order valence-electron chi connectivity index (χ0n) is 14.5. The van der Waals surface area contributed by atoms with Crippen molar-refractivity contribution >= 4 is 11.8 Å². The Morgan fingerprint density at radius 2 is 2.00 bits per heavy atom. The maximum Gasteiger partial charge on any atom is 0.254 e. The monoisotopic (exact) mass is 334 g/mol. The number of carbonyl (C=O) groups excluding carboxylic acids is 2. The van der Waals surface area contributed by atoms with Crippen molar-refractivity contribution in [2.45, 2.75) is 51.9 Å². The van der Waals surface area contributed by atoms with Gasteiger partial charge in [-0.1, -0.05) is 12.1 Å². The zero-order chi connectivity index (χ0) is 17.7. The summed E-state index contributed by atoms with van der Waals surface area (Å²) in [4.78, 5) is 25.3. The molecule has 2 rings (SSSR count). The second-order valence-corrected chi connectivity index (χ2v) is 6.57. The molecule has 0 bridgehead atoms. The first-order chi connectivity index (χ1) is 11.3.